The molecule has 6 nitrogen and oxygen atoms in total. The zero-order valence-corrected chi connectivity index (χ0v) is 21.2. The van der Waals surface area contributed by atoms with E-state index in [9.17, 15) is 0 Å². The largest absolute Gasteiger partial charge is 0.493 e. The Kier molecular flexibility index (Phi) is 14.9. The Morgan fingerprint density at radius 2 is 2.03 bits per heavy atom. The Morgan fingerprint density at radius 3 is 2.77 bits per heavy atom. The molecule has 2 N–H and O–H groups in total. The van der Waals surface area contributed by atoms with Gasteiger partial charge in [0, 0.05) is 44.4 Å². The molecule has 172 valence electrons. The molecule has 0 aliphatic carbocycles. The number of aliphatic imine (C=N–C) groups is 1. The monoisotopic (exact) mass is 533 g/mol. The minimum absolute atomic E-state index is 0. The van der Waals surface area contributed by atoms with Crippen molar-refractivity contribution in [3.63, 3.8) is 0 Å². The second kappa shape index (κ2) is 16.6. The summed E-state index contributed by atoms with van der Waals surface area (Å²) in [5, 5.41) is 6.70. The predicted octanol–water partition coefficient (Wildman–Crippen LogP) is 4.29. The van der Waals surface area contributed by atoms with Crippen LogP contribution in [0.2, 0.25) is 0 Å². The van der Waals surface area contributed by atoms with E-state index in [0.29, 0.717) is 19.1 Å². The molecule has 1 saturated heterocycles. The van der Waals surface area contributed by atoms with Crippen LogP contribution in [0.25, 0.3) is 0 Å². The van der Waals surface area contributed by atoms with Gasteiger partial charge in [-0.15, -0.1) is 24.0 Å². The summed E-state index contributed by atoms with van der Waals surface area (Å²) in [7, 11) is 0. The van der Waals surface area contributed by atoms with Crippen LogP contribution in [0.3, 0.4) is 0 Å². The first kappa shape index (κ1) is 27.0. The molecule has 1 aliphatic rings. The van der Waals surface area contributed by atoms with E-state index < -0.39 is 0 Å². The highest BCUT2D eigenvalue weighted by atomic mass is 127. The highest BCUT2D eigenvalue weighted by molar-refractivity contribution is 14.0. The van der Waals surface area contributed by atoms with Gasteiger partial charge < -0.3 is 24.8 Å². The van der Waals surface area contributed by atoms with Gasteiger partial charge in [0.1, 0.15) is 5.75 Å². The van der Waals surface area contributed by atoms with Crippen molar-refractivity contribution in [3.8, 4) is 5.75 Å². The number of ether oxygens (including phenoxy) is 3. The van der Waals surface area contributed by atoms with Crippen molar-refractivity contribution in [1.29, 1.82) is 0 Å². The summed E-state index contributed by atoms with van der Waals surface area (Å²) in [6.07, 6.45) is 4.35. The molecule has 30 heavy (non-hydrogen) atoms. The van der Waals surface area contributed by atoms with E-state index in [0.717, 1.165) is 76.1 Å². The Labute approximate surface area is 199 Å². The summed E-state index contributed by atoms with van der Waals surface area (Å²) in [5.74, 6) is 2.25. The SMILES string of the molecule is CCCCOCCCNC(=NCc1ccc(C)cc1OCC1CCOC1)NCC.I. The first-order valence-corrected chi connectivity index (χ1v) is 11.1. The Balaban J connectivity index is 0.00000450. The number of aryl methyl sites for hydroxylation is 1. The van der Waals surface area contributed by atoms with Crippen LogP contribution in [0, 0.1) is 12.8 Å². The molecule has 0 radical (unpaired) electrons. The average molecular weight is 533 g/mol. The Bertz CT molecular complexity index is 607. The van der Waals surface area contributed by atoms with E-state index in [1.54, 1.807) is 0 Å². The van der Waals surface area contributed by atoms with Gasteiger partial charge in [-0.25, -0.2) is 4.99 Å². The van der Waals surface area contributed by atoms with Crippen LogP contribution in [-0.4, -0.2) is 52.1 Å². The molecular weight excluding hydrogens is 493 g/mol. The fraction of sp³-hybridized carbons (Fsp3) is 0.696. The minimum atomic E-state index is 0. The number of benzene rings is 1. The first-order valence-electron chi connectivity index (χ1n) is 11.1. The fourth-order valence-electron chi connectivity index (χ4n) is 3.08. The van der Waals surface area contributed by atoms with Gasteiger partial charge in [0.15, 0.2) is 5.96 Å². The number of hydrogen-bond acceptors (Lipinski definition) is 4. The number of nitrogens with zero attached hydrogens (tertiary/aromatic N) is 1. The van der Waals surface area contributed by atoms with Gasteiger partial charge >= 0.3 is 0 Å². The van der Waals surface area contributed by atoms with Crippen molar-refractivity contribution < 1.29 is 14.2 Å². The van der Waals surface area contributed by atoms with Crippen molar-refractivity contribution in [2.24, 2.45) is 10.9 Å². The second-order valence-electron chi connectivity index (χ2n) is 7.59. The quantitative estimate of drug-likeness (QED) is 0.172. The highest BCUT2D eigenvalue weighted by Crippen LogP contribution is 2.23. The van der Waals surface area contributed by atoms with E-state index in [-0.39, 0.29) is 24.0 Å². The molecule has 1 aliphatic heterocycles. The Morgan fingerprint density at radius 1 is 1.20 bits per heavy atom. The van der Waals surface area contributed by atoms with E-state index in [1.165, 1.54) is 12.0 Å². The van der Waals surface area contributed by atoms with Crippen LogP contribution < -0.4 is 15.4 Å². The van der Waals surface area contributed by atoms with Crippen molar-refractivity contribution in [2.75, 3.05) is 46.1 Å². The summed E-state index contributed by atoms with van der Waals surface area (Å²) in [5.41, 5.74) is 2.30. The van der Waals surface area contributed by atoms with Gasteiger partial charge in [0.05, 0.1) is 19.8 Å². The predicted molar refractivity (Wildman–Crippen MR) is 134 cm³/mol. The lowest BCUT2D eigenvalue weighted by Crippen LogP contribution is -2.38. The van der Waals surface area contributed by atoms with Gasteiger partial charge in [-0.05, 0) is 44.7 Å². The smallest absolute Gasteiger partial charge is 0.191 e. The van der Waals surface area contributed by atoms with Crippen molar-refractivity contribution >= 4 is 29.9 Å². The lowest BCUT2D eigenvalue weighted by molar-refractivity contribution is 0.129. The zero-order chi connectivity index (χ0) is 20.7. The Hall–Kier alpha value is -1.06. The lowest BCUT2D eigenvalue weighted by atomic mass is 10.1. The normalized spacial score (nSPS) is 16.2. The molecule has 0 aromatic heterocycles. The number of rotatable bonds is 13. The number of nitrogens with one attached hydrogen (secondary N) is 2. The zero-order valence-electron chi connectivity index (χ0n) is 18.9. The van der Waals surface area contributed by atoms with E-state index in [4.69, 9.17) is 19.2 Å². The summed E-state index contributed by atoms with van der Waals surface area (Å²) in [6.45, 7) is 12.6. The summed E-state index contributed by atoms with van der Waals surface area (Å²) < 4.78 is 17.2. The number of hydrogen-bond donors (Lipinski definition) is 2. The van der Waals surface area contributed by atoms with Crippen molar-refractivity contribution in [3.05, 3.63) is 29.3 Å². The maximum Gasteiger partial charge on any atom is 0.191 e. The van der Waals surface area contributed by atoms with Gasteiger partial charge in [-0.1, -0.05) is 25.5 Å². The van der Waals surface area contributed by atoms with Gasteiger partial charge in [-0.3, -0.25) is 0 Å². The van der Waals surface area contributed by atoms with Gasteiger partial charge in [0.2, 0.25) is 0 Å². The molecule has 0 saturated carbocycles. The number of unbranched alkanes of at least 4 members (excludes halogenated alkanes) is 1. The topological polar surface area (TPSA) is 64.1 Å². The molecule has 1 aromatic carbocycles. The van der Waals surface area contributed by atoms with E-state index in [1.807, 2.05) is 0 Å². The molecule has 0 spiro atoms. The summed E-state index contributed by atoms with van der Waals surface area (Å²) in [6, 6.07) is 6.34. The molecule has 7 heteroatoms. The number of guanidine groups is 1. The van der Waals surface area contributed by atoms with Crippen LogP contribution in [0.1, 0.15) is 50.7 Å². The standard InChI is InChI=1S/C23H39N3O3.HI/c1-4-6-12-27-13-7-11-25-23(24-5-2)26-16-21-9-8-19(3)15-22(21)29-18-20-10-14-28-17-20;/h8-9,15,20H,4-7,10-14,16-18H2,1-3H3,(H2,24,25,26);1H. The van der Waals surface area contributed by atoms with E-state index in [2.05, 4.69) is 49.6 Å². The molecule has 1 aromatic rings. The second-order valence-corrected chi connectivity index (χ2v) is 7.59. The third-order valence-corrected chi connectivity index (χ3v) is 4.87. The summed E-state index contributed by atoms with van der Waals surface area (Å²) >= 11 is 0. The van der Waals surface area contributed by atoms with Crippen LogP contribution in [0.4, 0.5) is 0 Å². The first-order chi connectivity index (χ1) is 14.2. The van der Waals surface area contributed by atoms with E-state index >= 15 is 0 Å². The average Bonchev–Trinajstić information content (AvgIpc) is 3.24. The minimum Gasteiger partial charge on any atom is -0.493 e. The molecule has 1 fully saturated rings. The fourth-order valence-corrected chi connectivity index (χ4v) is 3.08. The summed E-state index contributed by atoms with van der Waals surface area (Å²) in [4.78, 5) is 4.75. The third-order valence-electron chi connectivity index (χ3n) is 4.87. The van der Waals surface area contributed by atoms with Crippen LogP contribution in [-0.2, 0) is 16.0 Å². The number of halogens is 1. The van der Waals surface area contributed by atoms with Crippen LogP contribution >= 0.6 is 24.0 Å². The molecule has 0 bridgehead atoms. The third kappa shape index (κ3) is 10.8. The maximum atomic E-state index is 6.13. The van der Waals surface area contributed by atoms with Gasteiger partial charge in [-0.2, -0.15) is 0 Å². The maximum absolute atomic E-state index is 6.13. The molecule has 2 rings (SSSR count). The molecular formula is C23H40IN3O3. The molecule has 1 unspecified atom stereocenters. The van der Waals surface area contributed by atoms with Crippen molar-refractivity contribution in [1.82, 2.24) is 10.6 Å². The van der Waals surface area contributed by atoms with Crippen LogP contribution in [0.15, 0.2) is 23.2 Å². The van der Waals surface area contributed by atoms with Crippen molar-refractivity contribution in [2.45, 2.75) is 53.0 Å². The lowest BCUT2D eigenvalue weighted by Gasteiger charge is -2.15. The van der Waals surface area contributed by atoms with Gasteiger partial charge in [0.25, 0.3) is 0 Å². The highest BCUT2D eigenvalue weighted by Gasteiger charge is 2.17. The molecule has 0 amide bonds. The van der Waals surface area contributed by atoms with Crippen LogP contribution in [0.5, 0.6) is 5.75 Å². The molecule has 1 atom stereocenters. The molecule has 1 heterocycles.